The first-order valence-corrected chi connectivity index (χ1v) is 6.14. The van der Waals surface area contributed by atoms with Gasteiger partial charge >= 0.3 is 0 Å². The van der Waals surface area contributed by atoms with E-state index in [1.54, 1.807) is 12.4 Å². The molecule has 2 aromatic heterocycles. The number of hydrogen-bond acceptors (Lipinski definition) is 3. The van der Waals surface area contributed by atoms with Crippen LogP contribution in [0.2, 0.25) is 5.02 Å². The minimum Gasteiger partial charge on any atom is -0.250 e. The van der Waals surface area contributed by atoms with Crippen LogP contribution in [0, 0.1) is 0 Å². The molecule has 0 aliphatic heterocycles. The Kier molecular flexibility index (Phi) is 3.61. The van der Waals surface area contributed by atoms with Crippen LogP contribution in [-0.4, -0.2) is 9.97 Å². The Balaban J connectivity index is 2.25. The minimum atomic E-state index is 0.625. The lowest BCUT2D eigenvalue weighted by molar-refractivity contribution is 1.09. The molecule has 2 aromatic rings. The SMILES string of the molecule is Clc1cc(Br)cnc1Sc1ccccn1. The smallest absolute Gasteiger partial charge is 0.121 e. The molecule has 0 aliphatic rings. The van der Waals surface area contributed by atoms with Gasteiger partial charge < -0.3 is 0 Å². The van der Waals surface area contributed by atoms with Crippen LogP contribution in [0.25, 0.3) is 0 Å². The van der Waals surface area contributed by atoms with E-state index in [9.17, 15) is 0 Å². The van der Waals surface area contributed by atoms with Gasteiger partial charge in [0.25, 0.3) is 0 Å². The molecule has 0 bridgehead atoms. The first kappa shape index (κ1) is 10.9. The maximum atomic E-state index is 6.04. The molecule has 0 N–H and O–H groups in total. The van der Waals surface area contributed by atoms with E-state index >= 15 is 0 Å². The molecular weight excluding hydrogens is 296 g/mol. The van der Waals surface area contributed by atoms with Crippen LogP contribution in [0.5, 0.6) is 0 Å². The second-order valence-corrected chi connectivity index (χ2v) is 5.04. The fraction of sp³-hybridized carbons (Fsp3) is 0. The van der Waals surface area contributed by atoms with Crippen molar-refractivity contribution in [2.75, 3.05) is 0 Å². The van der Waals surface area contributed by atoms with Gasteiger partial charge in [0.15, 0.2) is 0 Å². The Morgan fingerprint density at radius 1 is 1.27 bits per heavy atom. The molecule has 2 nitrogen and oxygen atoms in total. The van der Waals surface area contributed by atoms with E-state index in [-0.39, 0.29) is 0 Å². The maximum Gasteiger partial charge on any atom is 0.121 e. The van der Waals surface area contributed by atoms with Gasteiger partial charge in [-0.2, -0.15) is 0 Å². The van der Waals surface area contributed by atoms with Crippen LogP contribution in [0.1, 0.15) is 0 Å². The van der Waals surface area contributed by atoms with Crippen molar-refractivity contribution in [1.29, 1.82) is 0 Å². The molecule has 0 aromatic carbocycles. The van der Waals surface area contributed by atoms with Gasteiger partial charge in [-0.1, -0.05) is 17.7 Å². The normalized spacial score (nSPS) is 10.3. The van der Waals surface area contributed by atoms with Crippen molar-refractivity contribution in [2.24, 2.45) is 0 Å². The lowest BCUT2D eigenvalue weighted by Crippen LogP contribution is -1.83. The van der Waals surface area contributed by atoms with Crippen LogP contribution in [0.4, 0.5) is 0 Å². The third kappa shape index (κ3) is 2.93. The van der Waals surface area contributed by atoms with Crippen LogP contribution in [0.15, 0.2) is 51.2 Å². The summed E-state index contributed by atoms with van der Waals surface area (Å²) in [5.41, 5.74) is 0. The highest BCUT2D eigenvalue weighted by atomic mass is 79.9. The predicted octanol–water partition coefficient (Wildman–Crippen LogP) is 4.04. The number of aromatic nitrogens is 2. The summed E-state index contributed by atoms with van der Waals surface area (Å²) in [4.78, 5) is 8.41. The average molecular weight is 302 g/mol. The van der Waals surface area contributed by atoms with E-state index in [0.717, 1.165) is 14.5 Å². The Labute approximate surface area is 105 Å². The highest BCUT2D eigenvalue weighted by Crippen LogP contribution is 2.31. The molecule has 0 radical (unpaired) electrons. The molecule has 5 heteroatoms. The fourth-order valence-corrected chi connectivity index (χ4v) is 2.45. The lowest BCUT2D eigenvalue weighted by atomic mass is 10.5. The van der Waals surface area contributed by atoms with Gasteiger partial charge in [-0.3, -0.25) is 0 Å². The van der Waals surface area contributed by atoms with Crippen LogP contribution >= 0.6 is 39.3 Å². The summed E-state index contributed by atoms with van der Waals surface area (Å²) in [6.07, 6.45) is 3.46. The zero-order chi connectivity index (χ0) is 10.7. The first-order chi connectivity index (χ1) is 7.25. The van der Waals surface area contributed by atoms with Crippen LogP contribution < -0.4 is 0 Å². The number of nitrogens with zero attached hydrogens (tertiary/aromatic N) is 2. The Bertz CT molecular complexity index is 464. The van der Waals surface area contributed by atoms with E-state index in [1.165, 1.54) is 11.8 Å². The van der Waals surface area contributed by atoms with Gasteiger partial charge in [0, 0.05) is 16.9 Å². The molecule has 15 heavy (non-hydrogen) atoms. The zero-order valence-electron chi connectivity index (χ0n) is 7.52. The topological polar surface area (TPSA) is 25.8 Å². The van der Waals surface area contributed by atoms with E-state index in [0.29, 0.717) is 5.02 Å². The molecule has 0 aliphatic carbocycles. The molecule has 0 unspecified atom stereocenters. The zero-order valence-corrected chi connectivity index (χ0v) is 10.7. The number of hydrogen-bond donors (Lipinski definition) is 0. The quantitative estimate of drug-likeness (QED) is 0.837. The first-order valence-electron chi connectivity index (χ1n) is 4.15. The van der Waals surface area contributed by atoms with Crippen molar-refractivity contribution in [3.05, 3.63) is 46.2 Å². The molecule has 0 atom stereocenters. The molecule has 0 spiro atoms. The largest absolute Gasteiger partial charge is 0.250 e. The summed E-state index contributed by atoms with van der Waals surface area (Å²) in [7, 11) is 0. The summed E-state index contributed by atoms with van der Waals surface area (Å²) in [6.45, 7) is 0. The molecule has 0 amide bonds. The monoisotopic (exact) mass is 300 g/mol. The van der Waals surface area contributed by atoms with E-state index in [1.807, 2.05) is 24.3 Å². The number of rotatable bonds is 2. The molecule has 2 rings (SSSR count). The second-order valence-electron chi connectivity index (χ2n) is 2.71. The summed E-state index contributed by atoms with van der Waals surface area (Å²) < 4.78 is 0.873. The lowest BCUT2D eigenvalue weighted by Gasteiger charge is -2.02. The second kappa shape index (κ2) is 4.96. The van der Waals surface area contributed by atoms with Crippen molar-refractivity contribution in [3.8, 4) is 0 Å². The molecule has 0 saturated heterocycles. The third-order valence-corrected chi connectivity index (χ3v) is 3.42. The average Bonchev–Trinajstić information content (AvgIpc) is 2.24. The maximum absolute atomic E-state index is 6.04. The van der Waals surface area contributed by atoms with Crippen molar-refractivity contribution in [1.82, 2.24) is 9.97 Å². The molecule has 2 heterocycles. The van der Waals surface area contributed by atoms with Gasteiger partial charge in [-0.25, -0.2) is 9.97 Å². The van der Waals surface area contributed by atoms with E-state index in [2.05, 4.69) is 25.9 Å². The molecule has 0 saturated carbocycles. The highest BCUT2D eigenvalue weighted by Gasteiger charge is 2.05. The predicted molar refractivity (Wildman–Crippen MR) is 65.3 cm³/mol. The van der Waals surface area contributed by atoms with Crippen molar-refractivity contribution < 1.29 is 0 Å². The van der Waals surface area contributed by atoms with Gasteiger partial charge in [0.05, 0.1) is 5.02 Å². The van der Waals surface area contributed by atoms with Gasteiger partial charge in [-0.05, 0) is 45.9 Å². The summed E-state index contributed by atoms with van der Waals surface area (Å²) >= 11 is 10.8. The number of halogens is 2. The van der Waals surface area contributed by atoms with Crippen molar-refractivity contribution in [3.63, 3.8) is 0 Å². The van der Waals surface area contributed by atoms with E-state index in [4.69, 9.17) is 11.6 Å². The minimum absolute atomic E-state index is 0.625. The summed E-state index contributed by atoms with van der Waals surface area (Å²) in [5.74, 6) is 0. The molecule has 76 valence electrons. The molecular formula is C10H6BrClN2S. The van der Waals surface area contributed by atoms with Crippen molar-refractivity contribution >= 4 is 39.3 Å². The fourth-order valence-electron chi connectivity index (χ4n) is 0.984. The summed E-state index contributed by atoms with van der Waals surface area (Å²) in [6, 6.07) is 7.55. The Morgan fingerprint density at radius 3 is 2.80 bits per heavy atom. The molecule has 0 fully saturated rings. The van der Waals surface area contributed by atoms with Crippen LogP contribution in [-0.2, 0) is 0 Å². The highest BCUT2D eigenvalue weighted by molar-refractivity contribution is 9.10. The van der Waals surface area contributed by atoms with Gasteiger partial charge in [0.2, 0.25) is 0 Å². The van der Waals surface area contributed by atoms with Gasteiger partial charge in [0.1, 0.15) is 10.1 Å². The number of pyridine rings is 2. The Hall–Kier alpha value is -0.580. The van der Waals surface area contributed by atoms with Crippen LogP contribution in [0.3, 0.4) is 0 Å². The third-order valence-electron chi connectivity index (χ3n) is 1.61. The van der Waals surface area contributed by atoms with Gasteiger partial charge in [-0.15, -0.1) is 0 Å². The summed E-state index contributed by atoms with van der Waals surface area (Å²) in [5, 5.41) is 2.27. The standard InChI is InChI=1S/C10H6BrClN2S/c11-7-5-8(12)10(14-6-7)15-9-3-1-2-4-13-9/h1-6H. The Morgan fingerprint density at radius 2 is 2.13 bits per heavy atom. The van der Waals surface area contributed by atoms with Crippen molar-refractivity contribution in [2.45, 2.75) is 10.1 Å². The van der Waals surface area contributed by atoms with E-state index < -0.39 is 0 Å².